The maximum Gasteiger partial charge on any atom is -0.147 e. The third-order valence-corrected chi connectivity index (χ3v) is 19.7. The summed E-state index contributed by atoms with van der Waals surface area (Å²) in [5, 5.41) is 2.19. The van der Waals surface area contributed by atoms with E-state index in [-0.39, 0.29) is 30.4 Å². The van der Waals surface area contributed by atoms with Crippen molar-refractivity contribution in [3.63, 3.8) is 0 Å². The minimum atomic E-state index is -3.18. The molecule has 1 atom stereocenters. The molecular weight excluding hydrogens is 488 g/mol. The number of fused-ring (bicyclic) bond motifs is 3. The van der Waals surface area contributed by atoms with Gasteiger partial charge >= 0.3 is 152 Å². The Morgan fingerprint density at radius 2 is 1.80 bits per heavy atom. The standard InChI is InChI=1S/C12H8ClS.C4H10N.2CH3.2ClH.H2Si.Zr/c1-7-5-8-11(6-7)14-10-4-2-3-9(13)12(8)10;1-4(2,3)5;;;;;;/h2-6H,1H3;5H,1-3H3;2*1H3;2*1H;1H2;/q;-1;;;;;;+1. The minimum absolute atomic E-state index is 0. The van der Waals surface area contributed by atoms with Crippen molar-refractivity contribution in [2.24, 2.45) is 0 Å². The molecule has 2 aromatic rings. The fourth-order valence-electron chi connectivity index (χ4n) is 4.56. The Bertz CT molecular complexity index is 905. The molecule has 0 saturated heterocycles. The zero-order valence-electron chi connectivity index (χ0n) is 15.7. The summed E-state index contributed by atoms with van der Waals surface area (Å²) in [6.07, 6.45) is 2.40. The molecule has 1 unspecified atom stereocenters. The Labute approximate surface area is 175 Å². The number of allylic oxidation sites excluding steroid dienone is 1. The number of hydrogen-bond acceptors (Lipinski definition) is 2. The van der Waals surface area contributed by atoms with Crippen LogP contribution in [0.1, 0.15) is 41.8 Å². The van der Waals surface area contributed by atoms with Crippen molar-refractivity contribution in [2.75, 3.05) is 0 Å². The summed E-state index contributed by atoms with van der Waals surface area (Å²) >= 11 is 5.32. The normalized spacial score (nSPS) is 17.6. The number of nitrogens with one attached hydrogen (secondary N) is 1. The molecule has 0 bridgehead atoms. The second kappa shape index (κ2) is 7.35. The van der Waals surface area contributed by atoms with Crippen LogP contribution in [0.15, 0.2) is 23.8 Å². The molecule has 0 saturated carbocycles. The molecule has 0 radical (unpaired) electrons. The van der Waals surface area contributed by atoms with Gasteiger partial charge in [-0.1, -0.05) is 0 Å². The maximum atomic E-state index is 6.61. The molecule has 1 aromatic heterocycles. The van der Waals surface area contributed by atoms with Crippen molar-refractivity contribution in [1.82, 2.24) is 3.26 Å². The summed E-state index contributed by atoms with van der Waals surface area (Å²) in [4.78, 5) is 1.42. The van der Waals surface area contributed by atoms with Crippen LogP contribution < -0.4 is 3.26 Å². The molecular formula is C18H28Cl3NSSiZr. The molecule has 7 heteroatoms. The first-order valence-electron chi connectivity index (χ1n) is 8.14. The first kappa shape index (κ1) is 23.9. The molecule has 1 nitrogen and oxygen atoms in total. The average Bonchev–Trinajstić information content (AvgIpc) is 2.78. The fourth-order valence-corrected chi connectivity index (χ4v) is 25.9. The van der Waals surface area contributed by atoms with Gasteiger partial charge in [0.15, 0.2) is 0 Å². The van der Waals surface area contributed by atoms with Crippen molar-refractivity contribution < 1.29 is 17.7 Å². The van der Waals surface area contributed by atoms with Crippen LogP contribution in [0.25, 0.3) is 16.2 Å². The summed E-state index contributed by atoms with van der Waals surface area (Å²) in [5.74, 6) is 0. The number of hydrogen-bond donors (Lipinski definition) is 1. The Morgan fingerprint density at radius 3 is 2.36 bits per heavy atom. The van der Waals surface area contributed by atoms with Crippen LogP contribution in [0.3, 0.4) is 0 Å². The van der Waals surface area contributed by atoms with Crippen LogP contribution >= 0.6 is 47.8 Å². The molecule has 0 spiro atoms. The van der Waals surface area contributed by atoms with Gasteiger partial charge in [-0.15, -0.1) is 24.8 Å². The van der Waals surface area contributed by atoms with Gasteiger partial charge in [0.1, 0.15) is 0 Å². The third-order valence-electron chi connectivity index (χ3n) is 4.54. The van der Waals surface area contributed by atoms with E-state index in [4.69, 9.17) is 11.6 Å². The second-order valence-electron chi connectivity index (χ2n) is 9.00. The SMILES string of the molecule is CC1=Cc2sc3cccc(Cl)c3c2[CH]1[Zr]([CH3])([CH3])(=[SiH2])[NH]C(C)(C)C.Cl.Cl. The van der Waals surface area contributed by atoms with E-state index in [1.54, 1.807) is 0 Å². The van der Waals surface area contributed by atoms with Gasteiger partial charge in [0.05, 0.1) is 0 Å². The van der Waals surface area contributed by atoms with Crippen molar-refractivity contribution in [3.05, 3.63) is 39.2 Å². The average molecular weight is 516 g/mol. The fraction of sp³-hybridized carbons (Fsp3) is 0.444. The van der Waals surface area contributed by atoms with Crippen LogP contribution in [0.2, 0.25) is 14.3 Å². The molecule has 1 heterocycles. The van der Waals surface area contributed by atoms with Gasteiger partial charge in [0, 0.05) is 0 Å². The van der Waals surface area contributed by atoms with E-state index in [0.29, 0.717) is 3.63 Å². The zero-order valence-corrected chi connectivity index (χ0v) is 22.8. The van der Waals surface area contributed by atoms with Crippen molar-refractivity contribution in [3.8, 4) is 0 Å². The van der Waals surface area contributed by atoms with Crippen LogP contribution in [0.5, 0.6) is 0 Å². The number of halogens is 3. The second-order valence-corrected chi connectivity index (χ2v) is 39.2. The molecule has 0 fully saturated rings. The molecule has 0 aliphatic heterocycles. The first-order chi connectivity index (χ1) is 10.4. The molecule has 25 heavy (non-hydrogen) atoms. The van der Waals surface area contributed by atoms with E-state index in [1.165, 1.54) is 26.1 Å². The largest absolute Gasteiger partial charge is 0.147 e. The Morgan fingerprint density at radius 1 is 1.20 bits per heavy atom. The van der Waals surface area contributed by atoms with Gasteiger partial charge in [-0.3, -0.25) is 0 Å². The first-order valence-corrected chi connectivity index (χ1v) is 22.8. The van der Waals surface area contributed by atoms with Gasteiger partial charge < -0.3 is 0 Å². The van der Waals surface area contributed by atoms with Gasteiger partial charge in [0.2, 0.25) is 0 Å². The number of benzene rings is 1. The van der Waals surface area contributed by atoms with E-state index in [0.717, 1.165) is 5.02 Å². The Balaban J connectivity index is 0.00000156. The number of thiophene rings is 1. The summed E-state index contributed by atoms with van der Waals surface area (Å²) in [6, 6.07) is 6.30. The van der Waals surface area contributed by atoms with Crippen LogP contribution in [0.4, 0.5) is 0 Å². The molecule has 1 aromatic carbocycles. The van der Waals surface area contributed by atoms with E-state index < -0.39 is 17.7 Å². The van der Waals surface area contributed by atoms with Crippen molar-refractivity contribution >= 4 is 70.8 Å². The van der Waals surface area contributed by atoms with Gasteiger partial charge in [-0.25, -0.2) is 0 Å². The molecule has 140 valence electrons. The van der Waals surface area contributed by atoms with E-state index in [1.807, 2.05) is 17.4 Å². The smallest absolute Gasteiger partial charge is 0.147 e. The van der Waals surface area contributed by atoms with Crippen molar-refractivity contribution in [1.29, 1.82) is 0 Å². The van der Waals surface area contributed by atoms with Crippen LogP contribution in [-0.4, -0.2) is 12.4 Å². The summed E-state index contributed by atoms with van der Waals surface area (Å²) < 4.78 is 11.0. The van der Waals surface area contributed by atoms with Crippen LogP contribution in [-0.2, 0) is 17.7 Å². The zero-order chi connectivity index (χ0) is 17.2. The van der Waals surface area contributed by atoms with Gasteiger partial charge in [0.25, 0.3) is 0 Å². The van der Waals surface area contributed by atoms with E-state index in [9.17, 15) is 0 Å². The van der Waals surface area contributed by atoms with Crippen molar-refractivity contribution in [2.45, 2.75) is 46.1 Å². The monoisotopic (exact) mass is 513 g/mol. The quantitative estimate of drug-likeness (QED) is 0.450. The molecule has 3 rings (SSSR count). The number of rotatable bonds is 2. The van der Waals surface area contributed by atoms with Gasteiger partial charge in [-0.2, -0.15) is 0 Å². The van der Waals surface area contributed by atoms with E-state index in [2.05, 4.69) is 65.3 Å². The molecule has 1 N–H and O–H groups in total. The maximum absolute atomic E-state index is 6.61. The Hall–Kier alpha value is 0.850. The Kier molecular flexibility index (Phi) is 7.02. The van der Waals surface area contributed by atoms with Crippen LogP contribution in [0, 0.1) is 0 Å². The van der Waals surface area contributed by atoms with Gasteiger partial charge in [-0.05, 0) is 0 Å². The summed E-state index contributed by atoms with van der Waals surface area (Å²) in [5.41, 5.74) is 3.14. The summed E-state index contributed by atoms with van der Waals surface area (Å²) in [7, 11) is 0. The topological polar surface area (TPSA) is 12.0 Å². The molecule has 1 aliphatic carbocycles. The molecule has 0 amide bonds. The van der Waals surface area contributed by atoms with E-state index >= 15 is 0 Å². The predicted octanol–water partition coefficient (Wildman–Crippen LogP) is 6.49. The minimum Gasteiger partial charge on any atom is -0.147 e. The summed E-state index contributed by atoms with van der Waals surface area (Å²) in [6.45, 7) is 11.4. The molecule has 1 aliphatic rings. The predicted molar refractivity (Wildman–Crippen MR) is 121 cm³/mol. The third kappa shape index (κ3) is 4.47.